The van der Waals surface area contributed by atoms with Gasteiger partial charge < -0.3 is 14.2 Å². The Morgan fingerprint density at radius 2 is 2.00 bits per heavy atom. The molecule has 1 fully saturated rings. The summed E-state index contributed by atoms with van der Waals surface area (Å²) in [5, 5.41) is 0. The molecule has 1 heterocycles. The summed E-state index contributed by atoms with van der Waals surface area (Å²) < 4.78 is 14.4. The molecule has 0 N–H and O–H groups in total. The molecule has 5 heteroatoms. The molecule has 15 heavy (non-hydrogen) atoms. The molecular formula is C10H16O5. The number of rotatable bonds is 3. The van der Waals surface area contributed by atoms with E-state index < -0.39 is 17.7 Å². The zero-order valence-corrected chi connectivity index (χ0v) is 9.24. The maximum absolute atomic E-state index is 11.6. The topological polar surface area (TPSA) is 61.8 Å². The fourth-order valence-corrected chi connectivity index (χ4v) is 0.935. The van der Waals surface area contributed by atoms with Crippen LogP contribution in [-0.2, 0) is 19.0 Å². The van der Waals surface area contributed by atoms with Crippen LogP contribution < -0.4 is 0 Å². The van der Waals surface area contributed by atoms with Crippen LogP contribution in [0.25, 0.3) is 0 Å². The second-order valence-electron chi connectivity index (χ2n) is 4.14. The Morgan fingerprint density at radius 1 is 1.47 bits per heavy atom. The number of esters is 1. The van der Waals surface area contributed by atoms with Gasteiger partial charge in [-0.2, -0.15) is 0 Å². The second-order valence-corrected chi connectivity index (χ2v) is 4.14. The predicted octanol–water partition coefficient (Wildman–Crippen LogP) is 1.50. The highest BCUT2D eigenvalue weighted by Crippen LogP contribution is 2.22. The quantitative estimate of drug-likeness (QED) is 0.669. The van der Waals surface area contributed by atoms with E-state index in [0.29, 0.717) is 6.42 Å². The SMILES string of the molecule is CCC(C)(C)C(=O)OC1COC(=O)OC1. The maximum Gasteiger partial charge on any atom is 0.508 e. The Labute approximate surface area is 88.7 Å². The van der Waals surface area contributed by atoms with E-state index >= 15 is 0 Å². The average molecular weight is 216 g/mol. The van der Waals surface area contributed by atoms with Crippen LogP contribution in [0.2, 0.25) is 0 Å². The summed E-state index contributed by atoms with van der Waals surface area (Å²) in [5.41, 5.74) is -0.512. The van der Waals surface area contributed by atoms with Crippen molar-refractivity contribution in [1.82, 2.24) is 0 Å². The van der Waals surface area contributed by atoms with E-state index in [1.54, 1.807) is 0 Å². The Bertz CT molecular complexity index is 249. The molecule has 1 rings (SSSR count). The summed E-state index contributed by atoms with van der Waals surface area (Å²) in [6.45, 7) is 5.68. The summed E-state index contributed by atoms with van der Waals surface area (Å²) in [6, 6.07) is 0. The van der Waals surface area contributed by atoms with Gasteiger partial charge in [0.05, 0.1) is 5.41 Å². The summed E-state index contributed by atoms with van der Waals surface area (Å²) in [4.78, 5) is 22.2. The van der Waals surface area contributed by atoms with Crippen molar-refractivity contribution in [2.24, 2.45) is 5.41 Å². The number of carbonyl (C=O) groups excluding carboxylic acids is 2. The Balaban J connectivity index is 2.42. The molecule has 0 bridgehead atoms. The molecule has 0 atom stereocenters. The van der Waals surface area contributed by atoms with Gasteiger partial charge in [-0.15, -0.1) is 0 Å². The first-order valence-electron chi connectivity index (χ1n) is 4.96. The minimum atomic E-state index is -0.711. The molecule has 1 aliphatic heterocycles. The third-order valence-electron chi connectivity index (χ3n) is 2.48. The highest BCUT2D eigenvalue weighted by molar-refractivity contribution is 5.76. The van der Waals surface area contributed by atoms with Crippen LogP contribution in [0.5, 0.6) is 0 Å². The van der Waals surface area contributed by atoms with Crippen LogP contribution in [-0.4, -0.2) is 31.4 Å². The summed E-state index contributed by atoms with van der Waals surface area (Å²) in [5.74, 6) is -0.295. The highest BCUT2D eigenvalue weighted by atomic mass is 16.7. The van der Waals surface area contributed by atoms with Crippen molar-refractivity contribution in [3.63, 3.8) is 0 Å². The minimum absolute atomic E-state index is 0.0738. The summed E-state index contributed by atoms with van der Waals surface area (Å²) >= 11 is 0. The van der Waals surface area contributed by atoms with Gasteiger partial charge in [-0.3, -0.25) is 4.79 Å². The van der Waals surface area contributed by atoms with Gasteiger partial charge in [0.15, 0.2) is 6.10 Å². The first-order chi connectivity index (χ1) is 6.95. The van der Waals surface area contributed by atoms with Gasteiger partial charge in [0.1, 0.15) is 13.2 Å². The van der Waals surface area contributed by atoms with Crippen molar-refractivity contribution in [1.29, 1.82) is 0 Å². The number of ether oxygens (including phenoxy) is 3. The van der Waals surface area contributed by atoms with Gasteiger partial charge in [-0.25, -0.2) is 4.79 Å². The Kier molecular flexibility index (Phi) is 3.55. The summed E-state index contributed by atoms with van der Waals surface area (Å²) in [7, 11) is 0. The Hall–Kier alpha value is -1.26. The molecule has 86 valence electrons. The molecule has 0 saturated carbocycles. The lowest BCUT2D eigenvalue weighted by molar-refractivity contribution is -0.169. The van der Waals surface area contributed by atoms with Gasteiger partial charge in [0.2, 0.25) is 0 Å². The lowest BCUT2D eigenvalue weighted by atomic mass is 9.90. The van der Waals surface area contributed by atoms with Crippen molar-refractivity contribution in [3.8, 4) is 0 Å². The Morgan fingerprint density at radius 3 is 2.47 bits per heavy atom. The van der Waals surface area contributed by atoms with E-state index in [1.165, 1.54) is 0 Å². The van der Waals surface area contributed by atoms with Gasteiger partial charge in [0.25, 0.3) is 0 Å². The molecular weight excluding hydrogens is 200 g/mol. The largest absolute Gasteiger partial charge is 0.508 e. The van der Waals surface area contributed by atoms with Crippen LogP contribution in [0, 0.1) is 5.41 Å². The number of hydrogen-bond acceptors (Lipinski definition) is 5. The molecule has 5 nitrogen and oxygen atoms in total. The summed E-state index contributed by atoms with van der Waals surface area (Å²) in [6.07, 6.45) is -0.503. The molecule has 1 saturated heterocycles. The smallest absolute Gasteiger partial charge is 0.455 e. The second kappa shape index (κ2) is 4.51. The normalized spacial score (nSPS) is 17.9. The molecule has 0 unspecified atom stereocenters. The van der Waals surface area contributed by atoms with E-state index in [-0.39, 0.29) is 19.2 Å². The first kappa shape index (κ1) is 11.8. The molecule has 0 aromatic rings. The lowest BCUT2D eigenvalue weighted by Gasteiger charge is -2.26. The van der Waals surface area contributed by atoms with E-state index in [2.05, 4.69) is 9.47 Å². The fraction of sp³-hybridized carbons (Fsp3) is 0.800. The monoisotopic (exact) mass is 216 g/mol. The third-order valence-corrected chi connectivity index (χ3v) is 2.48. The van der Waals surface area contributed by atoms with Crippen molar-refractivity contribution < 1.29 is 23.8 Å². The van der Waals surface area contributed by atoms with Gasteiger partial charge in [-0.1, -0.05) is 6.92 Å². The predicted molar refractivity (Wildman–Crippen MR) is 51.3 cm³/mol. The lowest BCUT2D eigenvalue weighted by Crippen LogP contribution is -2.39. The third kappa shape index (κ3) is 3.11. The number of carbonyl (C=O) groups is 2. The average Bonchev–Trinajstić information content (AvgIpc) is 2.21. The van der Waals surface area contributed by atoms with Gasteiger partial charge >= 0.3 is 12.1 Å². The zero-order chi connectivity index (χ0) is 11.5. The molecule has 0 radical (unpaired) electrons. The minimum Gasteiger partial charge on any atom is -0.455 e. The van der Waals surface area contributed by atoms with Crippen molar-refractivity contribution >= 4 is 12.1 Å². The first-order valence-corrected chi connectivity index (χ1v) is 4.96. The standard InChI is InChI=1S/C10H16O5/c1-4-10(2,3)8(11)15-7-5-13-9(12)14-6-7/h7H,4-6H2,1-3H3. The van der Waals surface area contributed by atoms with Crippen LogP contribution >= 0.6 is 0 Å². The van der Waals surface area contributed by atoms with Crippen LogP contribution in [0.3, 0.4) is 0 Å². The molecule has 1 aliphatic rings. The number of cyclic esters (lactones) is 2. The molecule has 0 spiro atoms. The van der Waals surface area contributed by atoms with E-state index in [0.717, 1.165) is 0 Å². The van der Waals surface area contributed by atoms with Crippen LogP contribution in [0.15, 0.2) is 0 Å². The fourth-order valence-electron chi connectivity index (χ4n) is 0.935. The van der Waals surface area contributed by atoms with Gasteiger partial charge in [0, 0.05) is 0 Å². The molecule has 0 aromatic heterocycles. The molecule has 0 aromatic carbocycles. The molecule has 0 aliphatic carbocycles. The van der Waals surface area contributed by atoms with E-state index in [1.807, 2.05) is 20.8 Å². The van der Waals surface area contributed by atoms with Crippen molar-refractivity contribution in [2.45, 2.75) is 33.3 Å². The van der Waals surface area contributed by atoms with Gasteiger partial charge in [-0.05, 0) is 20.3 Å². The van der Waals surface area contributed by atoms with Crippen molar-refractivity contribution in [3.05, 3.63) is 0 Å². The van der Waals surface area contributed by atoms with E-state index in [9.17, 15) is 9.59 Å². The highest BCUT2D eigenvalue weighted by Gasteiger charge is 2.32. The van der Waals surface area contributed by atoms with Crippen molar-refractivity contribution in [2.75, 3.05) is 13.2 Å². The van der Waals surface area contributed by atoms with E-state index in [4.69, 9.17) is 4.74 Å². The van der Waals surface area contributed by atoms with Crippen LogP contribution in [0.1, 0.15) is 27.2 Å². The zero-order valence-electron chi connectivity index (χ0n) is 9.24. The van der Waals surface area contributed by atoms with Crippen LogP contribution in [0.4, 0.5) is 4.79 Å². The maximum atomic E-state index is 11.6. The molecule has 0 amide bonds. The number of hydrogen-bond donors (Lipinski definition) is 0.